The van der Waals surface area contributed by atoms with Crippen molar-refractivity contribution >= 4 is 53.0 Å². The topological polar surface area (TPSA) is 102 Å². The van der Waals surface area contributed by atoms with E-state index in [4.69, 9.17) is 33.2 Å². The highest BCUT2D eigenvalue weighted by Gasteiger charge is 2.30. The summed E-state index contributed by atoms with van der Waals surface area (Å²) in [7, 11) is 0. The minimum Gasteiger partial charge on any atom is -0.506 e. The third-order valence-corrected chi connectivity index (χ3v) is 15.0. The molecule has 354 valence electrons. The molecular weight excluding hydrogens is 897 g/mol. The van der Waals surface area contributed by atoms with E-state index in [0.717, 1.165) is 51.6 Å². The van der Waals surface area contributed by atoms with Gasteiger partial charge >= 0.3 is 5.97 Å². The number of benzene rings is 4. The number of hydrogen-bond donors (Lipinski definition) is 1. The maximum atomic E-state index is 13.1. The van der Waals surface area contributed by atoms with Crippen LogP contribution in [0, 0.1) is 0 Å². The average Bonchev–Trinajstić information content (AvgIpc) is 3.19. The molecule has 0 amide bonds. The van der Waals surface area contributed by atoms with Crippen LogP contribution < -0.4 is 14.2 Å². The summed E-state index contributed by atoms with van der Waals surface area (Å²) < 4.78 is 43.6. The Hall–Kier alpha value is -3.17. The largest absolute Gasteiger partial charge is 0.506 e. The fourth-order valence-electron chi connectivity index (χ4n) is 6.84. The second-order valence-electron chi connectivity index (χ2n) is 20.3. The van der Waals surface area contributed by atoms with Crippen LogP contribution in [0.1, 0.15) is 112 Å². The van der Waals surface area contributed by atoms with Crippen LogP contribution >= 0.6 is 47.0 Å². The second kappa shape index (κ2) is 21.4. The Balaban J connectivity index is 1.75. The molecule has 1 N–H and O–H groups in total. The Morgan fingerprint density at radius 3 is 1.11 bits per heavy atom. The van der Waals surface area contributed by atoms with Gasteiger partial charge in [-0.25, -0.2) is 4.79 Å². The van der Waals surface area contributed by atoms with E-state index in [1.165, 1.54) is 23.5 Å². The van der Waals surface area contributed by atoms with Crippen LogP contribution in [-0.4, -0.2) is 77.1 Å². The van der Waals surface area contributed by atoms with Gasteiger partial charge in [0.1, 0.15) is 36.2 Å². The van der Waals surface area contributed by atoms with Crippen molar-refractivity contribution in [2.75, 3.05) is 66.1 Å². The normalized spacial score (nSPS) is 16.0. The Morgan fingerprint density at radius 2 is 0.785 bits per heavy atom. The minimum atomic E-state index is -0.453. The van der Waals surface area contributed by atoms with Crippen LogP contribution in [-0.2, 0) is 45.4 Å². The van der Waals surface area contributed by atoms with Crippen molar-refractivity contribution in [2.24, 2.45) is 0 Å². The summed E-state index contributed by atoms with van der Waals surface area (Å²) in [4.78, 5) is 19.6. The number of hydrogen-bond acceptors (Lipinski definition) is 13. The van der Waals surface area contributed by atoms with E-state index in [9.17, 15) is 9.90 Å². The predicted molar refractivity (Wildman–Crippen MR) is 264 cm³/mol. The summed E-state index contributed by atoms with van der Waals surface area (Å²) >= 11 is 6.09. The molecular formula is C52H68O9S4. The lowest BCUT2D eigenvalue weighted by Gasteiger charge is -2.28. The average molecular weight is 965 g/mol. The zero-order chi connectivity index (χ0) is 47.3. The molecule has 0 unspecified atom stereocenters. The molecule has 4 aromatic carbocycles. The number of fused-ring (bicyclic) bond motifs is 2. The van der Waals surface area contributed by atoms with Crippen molar-refractivity contribution in [2.45, 2.75) is 151 Å². The molecule has 13 heteroatoms. The van der Waals surface area contributed by atoms with E-state index in [0.29, 0.717) is 66.7 Å². The molecule has 0 spiro atoms. The van der Waals surface area contributed by atoms with Crippen LogP contribution in [0.5, 0.6) is 23.0 Å². The minimum absolute atomic E-state index is 0.186. The zero-order valence-electron chi connectivity index (χ0n) is 40.5. The summed E-state index contributed by atoms with van der Waals surface area (Å²) in [6.07, 6.45) is 0. The lowest BCUT2D eigenvalue weighted by molar-refractivity contribution is -0.145. The van der Waals surface area contributed by atoms with E-state index >= 15 is 0 Å². The van der Waals surface area contributed by atoms with E-state index in [1.54, 1.807) is 30.4 Å². The van der Waals surface area contributed by atoms with Crippen LogP contribution in [0.15, 0.2) is 87.7 Å². The molecule has 0 saturated carbocycles. The highest BCUT2D eigenvalue weighted by atomic mass is 32.2. The van der Waals surface area contributed by atoms with Gasteiger partial charge in [0.15, 0.2) is 6.61 Å². The molecule has 0 aromatic heterocycles. The SMILES string of the molecule is CCOC(=O)COc1c2cc(C(C)(C)C)cc1Sc1cc(C(C)(C)C)cc3c1OCCOCCOCCOCCOc1c(cc(C(C)(C)C)cc1S2)Sc1cc(C(C)(C)C)cc(c1O)S3. The summed E-state index contributed by atoms with van der Waals surface area (Å²) in [5.41, 5.74) is 3.36. The molecule has 10 bridgehead atoms. The van der Waals surface area contributed by atoms with Gasteiger partial charge in [0.25, 0.3) is 0 Å². The third-order valence-electron chi connectivity index (χ3n) is 10.8. The smallest absolute Gasteiger partial charge is 0.344 e. The first-order valence-corrected chi connectivity index (χ1v) is 25.7. The van der Waals surface area contributed by atoms with E-state index in [1.807, 2.05) is 0 Å². The quantitative estimate of drug-likeness (QED) is 0.173. The Morgan fingerprint density at radius 1 is 0.492 bits per heavy atom. The van der Waals surface area contributed by atoms with Gasteiger partial charge < -0.3 is 38.3 Å². The van der Waals surface area contributed by atoms with Gasteiger partial charge in [-0.3, -0.25) is 0 Å². The summed E-state index contributed by atoms with van der Waals surface area (Å²) in [6, 6.07) is 17.3. The van der Waals surface area contributed by atoms with Crippen LogP contribution in [0.2, 0.25) is 0 Å². The number of carbonyl (C=O) groups excluding carboxylic acids is 1. The highest BCUT2D eigenvalue weighted by Crippen LogP contribution is 2.56. The maximum Gasteiger partial charge on any atom is 0.344 e. The number of phenols is 1. The number of aromatic hydroxyl groups is 1. The van der Waals surface area contributed by atoms with E-state index < -0.39 is 5.97 Å². The van der Waals surface area contributed by atoms with Crippen molar-refractivity contribution in [3.8, 4) is 23.0 Å². The van der Waals surface area contributed by atoms with E-state index in [-0.39, 0.29) is 53.8 Å². The van der Waals surface area contributed by atoms with Crippen molar-refractivity contribution in [3.63, 3.8) is 0 Å². The van der Waals surface area contributed by atoms with Crippen LogP contribution in [0.4, 0.5) is 0 Å². The number of rotatable bonds is 4. The van der Waals surface area contributed by atoms with Gasteiger partial charge in [-0.05, 0) is 99.4 Å². The zero-order valence-corrected chi connectivity index (χ0v) is 43.8. The third kappa shape index (κ3) is 13.5. The summed E-state index contributed by atoms with van der Waals surface area (Å²) in [5.74, 6) is 1.62. The molecule has 2 aliphatic heterocycles. The second-order valence-corrected chi connectivity index (χ2v) is 24.6. The lowest BCUT2D eigenvalue weighted by Crippen LogP contribution is -2.17. The van der Waals surface area contributed by atoms with Crippen molar-refractivity contribution in [1.82, 2.24) is 0 Å². The fourth-order valence-corrected chi connectivity index (χ4v) is 11.5. The van der Waals surface area contributed by atoms with Crippen molar-refractivity contribution < 1.29 is 43.1 Å². The molecule has 0 fully saturated rings. The number of phenolic OH excluding ortho intramolecular Hbond substituents is 1. The van der Waals surface area contributed by atoms with E-state index in [2.05, 4.69) is 132 Å². The molecule has 0 radical (unpaired) electrons. The Labute approximate surface area is 404 Å². The van der Waals surface area contributed by atoms with Crippen LogP contribution in [0.3, 0.4) is 0 Å². The van der Waals surface area contributed by atoms with Gasteiger partial charge in [-0.1, -0.05) is 130 Å². The fraction of sp³-hybridized carbons (Fsp3) is 0.519. The first-order chi connectivity index (χ1) is 30.5. The van der Waals surface area contributed by atoms with Gasteiger partial charge in [-0.15, -0.1) is 0 Å². The van der Waals surface area contributed by atoms with Gasteiger partial charge in [0, 0.05) is 0 Å². The highest BCUT2D eigenvalue weighted by molar-refractivity contribution is 8.01. The number of ether oxygens (including phenoxy) is 7. The molecule has 2 heterocycles. The Bertz CT molecular complexity index is 2190. The van der Waals surface area contributed by atoms with Gasteiger partial charge in [0.05, 0.1) is 85.4 Å². The van der Waals surface area contributed by atoms with Gasteiger partial charge in [0.2, 0.25) is 0 Å². The summed E-state index contributed by atoms with van der Waals surface area (Å²) in [6.45, 7) is 31.1. The molecule has 0 saturated heterocycles. The molecule has 2 aliphatic rings. The maximum absolute atomic E-state index is 13.1. The molecule has 0 atom stereocenters. The monoisotopic (exact) mass is 964 g/mol. The first kappa shape index (κ1) is 51.2. The standard InChI is InChI=1S/C52H68O9S4/c1-14-58-44(53)31-61-48-42-29-35(52(11,12)13)30-43(48)65-41-28-34(51(8,9)10)26-39-47(41)60-22-20-57-18-16-55-15-17-56-19-21-59-46-38(25-33(50(5,6)7)27-40(46)64-42)62-36-23-32(49(2,3)4)24-37(63-39)45(36)54/h23-30,54H,14-22,31H2,1-13H3. The molecule has 0 aliphatic carbocycles. The molecule has 9 nitrogen and oxygen atoms in total. The predicted octanol–water partition coefficient (Wildman–Crippen LogP) is 13.3. The Kier molecular flexibility index (Phi) is 16.9. The summed E-state index contributed by atoms with van der Waals surface area (Å²) in [5, 5.41) is 12.5. The number of esters is 1. The lowest BCUT2D eigenvalue weighted by atomic mass is 9.87. The molecule has 65 heavy (non-hydrogen) atoms. The van der Waals surface area contributed by atoms with Gasteiger partial charge in [-0.2, -0.15) is 0 Å². The van der Waals surface area contributed by atoms with Crippen LogP contribution in [0.25, 0.3) is 0 Å². The van der Waals surface area contributed by atoms with Crippen molar-refractivity contribution in [3.05, 3.63) is 70.8 Å². The molecule has 6 rings (SSSR count). The molecule has 4 aromatic rings. The first-order valence-electron chi connectivity index (χ1n) is 22.4. The van der Waals surface area contributed by atoms with Crippen molar-refractivity contribution in [1.29, 1.82) is 0 Å². The number of carbonyl (C=O) groups is 1.